The lowest BCUT2D eigenvalue weighted by molar-refractivity contribution is 0.600. The van der Waals surface area contributed by atoms with Crippen molar-refractivity contribution in [3.05, 3.63) is 71.8 Å². The second-order valence-electron chi connectivity index (χ2n) is 4.85. The molecule has 0 aliphatic heterocycles. The summed E-state index contributed by atoms with van der Waals surface area (Å²) in [5.41, 5.74) is 1.59. The zero-order chi connectivity index (χ0) is 16.3. The normalized spacial score (nSPS) is 11.3. The Morgan fingerprint density at radius 2 is 1.91 bits per heavy atom. The summed E-state index contributed by atoms with van der Waals surface area (Å²) in [6.45, 7) is 0. The molecular formula is C15H13ClN4O2S. The molecule has 0 fully saturated rings. The first-order valence-electron chi connectivity index (χ1n) is 6.72. The number of benzene rings is 2. The number of anilines is 1. The Balaban J connectivity index is 1.91. The van der Waals surface area contributed by atoms with Crippen LogP contribution < -0.4 is 4.72 Å². The first kappa shape index (κ1) is 15.5. The van der Waals surface area contributed by atoms with Gasteiger partial charge in [0.2, 0.25) is 10.0 Å². The predicted octanol–water partition coefficient (Wildman–Crippen LogP) is 2.86. The fourth-order valence-corrected chi connectivity index (χ4v) is 3.49. The third kappa shape index (κ3) is 3.88. The van der Waals surface area contributed by atoms with Gasteiger partial charge in [-0.15, -0.1) is 0 Å². The molecule has 8 heteroatoms. The first-order valence-corrected chi connectivity index (χ1v) is 8.75. The molecule has 118 valence electrons. The lowest BCUT2D eigenvalue weighted by Gasteiger charge is -2.13. The molecule has 1 aromatic heterocycles. The van der Waals surface area contributed by atoms with Gasteiger partial charge in [-0.25, -0.2) is 18.1 Å². The Hall–Kier alpha value is -2.38. The van der Waals surface area contributed by atoms with Gasteiger partial charge in [0.25, 0.3) is 0 Å². The zero-order valence-electron chi connectivity index (χ0n) is 11.9. The maximum Gasteiger partial charge on any atom is 0.236 e. The van der Waals surface area contributed by atoms with Gasteiger partial charge in [-0.3, -0.25) is 4.72 Å². The van der Waals surface area contributed by atoms with Crippen LogP contribution in [0.3, 0.4) is 0 Å². The van der Waals surface area contributed by atoms with Crippen LogP contribution in [0, 0.1) is 0 Å². The molecule has 23 heavy (non-hydrogen) atoms. The van der Waals surface area contributed by atoms with Crippen molar-refractivity contribution in [2.45, 2.75) is 5.75 Å². The van der Waals surface area contributed by atoms with E-state index in [-0.39, 0.29) is 5.75 Å². The van der Waals surface area contributed by atoms with Gasteiger partial charge < -0.3 is 0 Å². The molecule has 3 rings (SSSR count). The molecule has 0 saturated heterocycles. The number of hydrogen-bond donors (Lipinski definition) is 1. The topological polar surface area (TPSA) is 76.9 Å². The van der Waals surface area contributed by atoms with E-state index in [1.807, 2.05) is 6.07 Å². The van der Waals surface area contributed by atoms with E-state index in [1.54, 1.807) is 42.5 Å². The van der Waals surface area contributed by atoms with E-state index in [1.165, 1.54) is 17.3 Å². The lowest BCUT2D eigenvalue weighted by atomic mass is 10.2. The molecule has 0 aliphatic rings. The van der Waals surface area contributed by atoms with Crippen LogP contribution in [-0.2, 0) is 15.8 Å². The van der Waals surface area contributed by atoms with Gasteiger partial charge in [0.15, 0.2) is 0 Å². The van der Waals surface area contributed by atoms with E-state index in [0.717, 1.165) is 0 Å². The number of nitrogens with zero attached hydrogens (tertiary/aromatic N) is 3. The molecule has 1 heterocycles. The monoisotopic (exact) mass is 348 g/mol. The number of aromatic nitrogens is 3. The van der Waals surface area contributed by atoms with Crippen molar-refractivity contribution >= 4 is 27.3 Å². The van der Waals surface area contributed by atoms with Crippen molar-refractivity contribution in [2.75, 3.05) is 4.72 Å². The van der Waals surface area contributed by atoms with Gasteiger partial charge >= 0.3 is 0 Å². The van der Waals surface area contributed by atoms with Gasteiger partial charge in [0.1, 0.15) is 12.7 Å². The predicted molar refractivity (Wildman–Crippen MR) is 89.1 cm³/mol. The lowest BCUT2D eigenvalue weighted by Crippen LogP contribution is -2.16. The number of halogens is 1. The van der Waals surface area contributed by atoms with Crippen LogP contribution in [0.4, 0.5) is 5.69 Å². The van der Waals surface area contributed by atoms with Crippen molar-refractivity contribution < 1.29 is 8.42 Å². The standard InChI is InChI=1S/C15H13ClN4O2S/c16-13-6-7-15(20-11-17-10-18-20)14(8-13)19-23(21,22)9-12-4-2-1-3-5-12/h1-8,10-11,19H,9H2. The average Bonchev–Trinajstić information content (AvgIpc) is 3.01. The molecule has 1 N–H and O–H groups in total. The first-order chi connectivity index (χ1) is 11.0. The third-order valence-electron chi connectivity index (χ3n) is 3.09. The van der Waals surface area contributed by atoms with Crippen LogP contribution >= 0.6 is 11.6 Å². The summed E-state index contributed by atoms with van der Waals surface area (Å²) < 4.78 is 28.8. The number of sulfonamides is 1. The van der Waals surface area contributed by atoms with Crippen LogP contribution in [0.5, 0.6) is 0 Å². The quantitative estimate of drug-likeness (QED) is 0.769. The molecule has 0 saturated carbocycles. The van der Waals surface area contributed by atoms with E-state index in [4.69, 9.17) is 11.6 Å². The molecule has 0 aliphatic carbocycles. The molecule has 0 atom stereocenters. The minimum absolute atomic E-state index is 0.128. The van der Waals surface area contributed by atoms with Gasteiger partial charge in [0, 0.05) is 5.02 Å². The van der Waals surface area contributed by atoms with Crippen molar-refractivity contribution in [1.82, 2.24) is 14.8 Å². The molecule has 0 spiro atoms. The summed E-state index contributed by atoms with van der Waals surface area (Å²) in [5.74, 6) is -0.128. The molecule has 2 aromatic carbocycles. The van der Waals surface area contributed by atoms with E-state index >= 15 is 0 Å². The third-order valence-corrected chi connectivity index (χ3v) is 4.57. The fourth-order valence-electron chi connectivity index (χ4n) is 2.12. The maximum atomic E-state index is 12.4. The number of nitrogens with one attached hydrogen (secondary N) is 1. The summed E-state index contributed by atoms with van der Waals surface area (Å²) >= 11 is 5.99. The second-order valence-corrected chi connectivity index (χ2v) is 7.01. The van der Waals surface area contributed by atoms with Crippen LogP contribution in [0.15, 0.2) is 61.2 Å². The Bertz CT molecular complexity index is 896. The highest BCUT2D eigenvalue weighted by Gasteiger charge is 2.15. The van der Waals surface area contributed by atoms with Crippen LogP contribution in [0.2, 0.25) is 5.02 Å². The second kappa shape index (κ2) is 6.39. The van der Waals surface area contributed by atoms with Crippen molar-refractivity contribution in [3.8, 4) is 5.69 Å². The van der Waals surface area contributed by atoms with E-state index in [0.29, 0.717) is 22.0 Å². The molecule has 0 amide bonds. The number of hydrogen-bond acceptors (Lipinski definition) is 4. The van der Waals surface area contributed by atoms with Gasteiger partial charge in [-0.05, 0) is 23.8 Å². The summed E-state index contributed by atoms with van der Waals surface area (Å²) in [6.07, 6.45) is 2.86. The minimum atomic E-state index is -3.59. The van der Waals surface area contributed by atoms with Gasteiger partial charge in [0.05, 0.1) is 17.1 Å². The highest BCUT2D eigenvalue weighted by atomic mass is 35.5. The van der Waals surface area contributed by atoms with Gasteiger partial charge in [-0.2, -0.15) is 5.10 Å². The SMILES string of the molecule is O=S(=O)(Cc1ccccc1)Nc1cc(Cl)ccc1-n1cncn1. The van der Waals surface area contributed by atoms with Crippen molar-refractivity contribution in [3.63, 3.8) is 0 Å². The molecule has 6 nitrogen and oxygen atoms in total. The zero-order valence-corrected chi connectivity index (χ0v) is 13.5. The Morgan fingerprint density at radius 1 is 1.13 bits per heavy atom. The smallest absolute Gasteiger partial charge is 0.236 e. The summed E-state index contributed by atoms with van der Waals surface area (Å²) in [4.78, 5) is 3.87. The maximum absolute atomic E-state index is 12.4. The van der Waals surface area contributed by atoms with Crippen molar-refractivity contribution in [1.29, 1.82) is 0 Å². The van der Waals surface area contributed by atoms with E-state index in [9.17, 15) is 8.42 Å². The molecule has 3 aromatic rings. The Morgan fingerprint density at radius 3 is 2.61 bits per heavy atom. The fraction of sp³-hybridized carbons (Fsp3) is 0.0667. The summed E-state index contributed by atoms with van der Waals surface area (Å²) in [7, 11) is -3.59. The summed E-state index contributed by atoms with van der Waals surface area (Å²) in [6, 6.07) is 13.8. The minimum Gasteiger partial charge on any atom is -0.281 e. The molecule has 0 bridgehead atoms. The number of rotatable bonds is 5. The van der Waals surface area contributed by atoms with Crippen LogP contribution in [0.1, 0.15) is 5.56 Å². The van der Waals surface area contributed by atoms with Crippen LogP contribution in [-0.4, -0.2) is 23.2 Å². The largest absolute Gasteiger partial charge is 0.281 e. The van der Waals surface area contributed by atoms with E-state index < -0.39 is 10.0 Å². The van der Waals surface area contributed by atoms with Gasteiger partial charge in [-0.1, -0.05) is 41.9 Å². The van der Waals surface area contributed by atoms with Crippen molar-refractivity contribution in [2.24, 2.45) is 0 Å². The summed E-state index contributed by atoms with van der Waals surface area (Å²) in [5, 5.41) is 4.44. The highest BCUT2D eigenvalue weighted by molar-refractivity contribution is 7.91. The average molecular weight is 349 g/mol. The highest BCUT2D eigenvalue weighted by Crippen LogP contribution is 2.25. The van der Waals surface area contributed by atoms with E-state index in [2.05, 4.69) is 14.8 Å². The van der Waals surface area contributed by atoms with Crippen LogP contribution in [0.25, 0.3) is 5.69 Å². The molecular weight excluding hydrogens is 336 g/mol. The molecule has 0 radical (unpaired) electrons. The molecule has 0 unspecified atom stereocenters. The Labute approximate surface area is 138 Å². The Kier molecular flexibility index (Phi) is 4.31.